The first kappa shape index (κ1) is 13.7. The normalized spacial score (nSPS) is 10.7. The van der Waals surface area contributed by atoms with Crippen LogP contribution in [0.25, 0.3) is 11.5 Å². The minimum absolute atomic E-state index is 0.307. The van der Waals surface area contributed by atoms with Crippen molar-refractivity contribution in [2.75, 3.05) is 5.73 Å². The Bertz CT molecular complexity index is 757. The second-order valence-electron chi connectivity index (χ2n) is 4.48. The van der Waals surface area contributed by atoms with Gasteiger partial charge in [-0.1, -0.05) is 18.2 Å². The number of nitrogens with two attached hydrogens (primary N) is 1. The Kier molecular flexibility index (Phi) is 3.92. The summed E-state index contributed by atoms with van der Waals surface area (Å²) >= 11 is 1.59. The van der Waals surface area contributed by atoms with Crippen molar-refractivity contribution in [3.8, 4) is 11.5 Å². The number of para-hydroxylation sites is 1. The third kappa shape index (κ3) is 3.25. The minimum Gasteiger partial charge on any atom is -0.444 e. The number of anilines is 1. The van der Waals surface area contributed by atoms with Crippen LogP contribution < -0.4 is 5.73 Å². The molecular weight excluding hydrogens is 287 g/mol. The van der Waals surface area contributed by atoms with Gasteiger partial charge in [0.1, 0.15) is 12.1 Å². The van der Waals surface area contributed by atoms with E-state index >= 15 is 0 Å². The smallest absolute Gasteiger partial charge is 0.226 e. The zero-order chi connectivity index (χ0) is 14.7. The van der Waals surface area contributed by atoms with Crippen molar-refractivity contribution in [3.05, 3.63) is 66.3 Å². The first-order valence-corrected chi connectivity index (χ1v) is 7.38. The van der Waals surface area contributed by atoms with Gasteiger partial charge < -0.3 is 10.2 Å². The summed E-state index contributed by atoms with van der Waals surface area (Å²) in [7, 11) is 0. The average molecular weight is 300 g/mol. The third-order valence-corrected chi connectivity index (χ3v) is 4.04. The number of hydrogen-bond donors (Lipinski definition) is 1. The molecule has 0 amide bonds. The quantitative estimate of drug-likeness (QED) is 0.574. The van der Waals surface area contributed by atoms with Gasteiger partial charge in [0.25, 0.3) is 0 Å². The number of thioether (sulfide) groups is 1. The van der Waals surface area contributed by atoms with Crippen LogP contribution in [-0.4, -0.2) is 4.98 Å². The standard InChI is InChI=1S/C16H13FN2OS/c17-12-5-3-4-11(8-12)16-19-13(9-20-16)10-21-15-7-2-1-6-14(15)18/h1-9H,10,18H2. The van der Waals surface area contributed by atoms with Gasteiger partial charge >= 0.3 is 0 Å². The maximum Gasteiger partial charge on any atom is 0.226 e. The van der Waals surface area contributed by atoms with E-state index in [1.165, 1.54) is 12.1 Å². The maximum absolute atomic E-state index is 13.2. The average Bonchev–Trinajstić information content (AvgIpc) is 2.95. The maximum atomic E-state index is 13.2. The number of hydrogen-bond acceptors (Lipinski definition) is 4. The van der Waals surface area contributed by atoms with Crippen LogP contribution >= 0.6 is 11.8 Å². The van der Waals surface area contributed by atoms with Gasteiger partial charge in [-0.05, 0) is 30.3 Å². The molecule has 0 saturated carbocycles. The molecule has 0 bridgehead atoms. The first-order valence-electron chi connectivity index (χ1n) is 6.40. The number of oxazole rings is 1. The Morgan fingerprint density at radius 3 is 2.81 bits per heavy atom. The fraction of sp³-hybridized carbons (Fsp3) is 0.0625. The highest BCUT2D eigenvalue weighted by atomic mass is 32.2. The summed E-state index contributed by atoms with van der Waals surface area (Å²) in [5.74, 6) is 0.761. The molecule has 1 heterocycles. The topological polar surface area (TPSA) is 52.0 Å². The van der Waals surface area contributed by atoms with Crippen LogP contribution in [0.5, 0.6) is 0 Å². The molecule has 21 heavy (non-hydrogen) atoms. The lowest BCUT2D eigenvalue weighted by Crippen LogP contribution is -1.88. The van der Waals surface area contributed by atoms with E-state index in [1.807, 2.05) is 24.3 Å². The predicted molar refractivity (Wildman–Crippen MR) is 82.3 cm³/mol. The molecule has 0 radical (unpaired) electrons. The number of benzene rings is 2. The van der Waals surface area contributed by atoms with Gasteiger partial charge in [0, 0.05) is 21.9 Å². The minimum atomic E-state index is -0.307. The van der Waals surface area contributed by atoms with Crippen LogP contribution in [0, 0.1) is 5.82 Å². The van der Waals surface area contributed by atoms with Crippen molar-refractivity contribution >= 4 is 17.4 Å². The molecule has 5 heteroatoms. The Labute approximate surface area is 126 Å². The Hall–Kier alpha value is -2.27. The molecule has 0 unspecified atom stereocenters. The van der Waals surface area contributed by atoms with Crippen molar-refractivity contribution in [1.82, 2.24) is 4.98 Å². The highest BCUT2D eigenvalue weighted by Gasteiger charge is 2.08. The second-order valence-corrected chi connectivity index (χ2v) is 5.50. The Morgan fingerprint density at radius 2 is 2.00 bits per heavy atom. The largest absolute Gasteiger partial charge is 0.444 e. The van der Waals surface area contributed by atoms with Crippen LogP contribution in [0.3, 0.4) is 0 Å². The Balaban J connectivity index is 1.72. The second kappa shape index (κ2) is 6.01. The first-order chi connectivity index (χ1) is 10.2. The molecule has 0 saturated heterocycles. The summed E-state index contributed by atoms with van der Waals surface area (Å²) in [6.45, 7) is 0. The summed E-state index contributed by atoms with van der Waals surface area (Å²) in [6.07, 6.45) is 1.59. The van der Waals surface area contributed by atoms with Gasteiger partial charge in [-0.25, -0.2) is 9.37 Å². The van der Waals surface area contributed by atoms with Gasteiger partial charge in [-0.2, -0.15) is 0 Å². The van der Waals surface area contributed by atoms with Gasteiger partial charge in [0.2, 0.25) is 5.89 Å². The molecule has 0 aliphatic carbocycles. The molecule has 3 aromatic rings. The van der Waals surface area contributed by atoms with Crippen LogP contribution in [0.1, 0.15) is 5.69 Å². The number of halogens is 1. The van der Waals surface area contributed by atoms with Crippen molar-refractivity contribution in [3.63, 3.8) is 0 Å². The molecule has 106 valence electrons. The lowest BCUT2D eigenvalue weighted by Gasteiger charge is -2.02. The van der Waals surface area contributed by atoms with E-state index in [2.05, 4.69) is 4.98 Å². The van der Waals surface area contributed by atoms with E-state index < -0.39 is 0 Å². The summed E-state index contributed by atoms with van der Waals surface area (Å²) in [5, 5.41) is 0. The highest BCUT2D eigenvalue weighted by Crippen LogP contribution is 2.28. The molecule has 0 atom stereocenters. The fourth-order valence-corrected chi connectivity index (χ4v) is 2.74. The lowest BCUT2D eigenvalue weighted by atomic mass is 10.2. The number of rotatable bonds is 4. The van der Waals surface area contributed by atoms with E-state index in [1.54, 1.807) is 30.2 Å². The van der Waals surface area contributed by atoms with Crippen molar-refractivity contribution in [2.24, 2.45) is 0 Å². The molecule has 0 fully saturated rings. The summed E-state index contributed by atoms with van der Waals surface area (Å²) in [5.41, 5.74) is 8.06. The van der Waals surface area contributed by atoms with Gasteiger partial charge in [0.15, 0.2) is 0 Å². The summed E-state index contributed by atoms with van der Waals surface area (Å²) < 4.78 is 18.6. The van der Waals surface area contributed by atoms with Crippen LogP contribution in [0.2, 0.25) is 0 Å². The molecule has 2 N–H and O–H groups in total. The molecule has 1 aromatic heterocycles. The van der Waals surface area contributed by atoms with Crippen molar-refractivity contribution < 1.29 is 8.81 Å². The van der Waals surface area contributed by atoms with Crippen molar-refractivity contribution in [1.29, 1.82) is 0 Å². The molecule has 0 aliphatic heterocycles. The van der Waals surface area contributed by atoms with Gasteiger partial charge in [-0.15, -0.1) is 11.8 Å². The predicted octanol–water partition coefficient (Wildman–Crippen LogP) is 4.36. The summed E-state index contributed by atoms with van der Waals surface area (Å²) in [6, 6.07) is 13.9. The molecule has 3 nitrogen and oxygen atoms in total. The fourth-order valence-electron chi connectivity index (χ4n) is 1.89. The monoisotopic (exact) mass is 300 g/mol. The van der Waals surface area contributed by atoms with E-state index in [0.29, 0.717) is 17.2 Å². The summed E-state index contributed by atoms with van der Waals surface area (Å²) in [4.78, 5) is 5.38. The highest BCUT2D eigenvalue weighted by molar-refractivity contribution is 7.98. The molecular formula is C16H13FN2OS. The molecule has 0 aliphatic rings. The number of nitrogen functional groups attached to an aromatic ring is 1. The molecule has 3 rings (SSSR count). The Morgan fingerprint density at radius 1 is 1.14 bits per heavy atom. The lowest BCUT2D eigenvalue weighted by molar-refractivity contribution is 0.571. The third-order valence-electron chi connectivity index (χ3n) is 2.92. The van der Waals surface area contributed by atoms with E-state index in [0.717, 1.165) is 16.3 Å². The van der Waals surface area contributed by atoms with E-state index in [9.17, 15) is 4.39 Å². The van der Waals surface area contributed by atoms with E-state index in [4.69, 9.17) is 10.2 Å². The van der Waals surface area contributed by atoms with Crippen LogP contribution in [-0.2, 0) is 5.75 Å². The van der Waals surface area contributed by atoms with Gasteiger partial charge in [-0.3, -0.25) is 0 Å². The zero-order valence-electron chi connectivity index (χ0n) is 11.1. The molecule has 0 spiro atoms. The van der Waals surface area contributed by atoms with E-state index in [-0.39, 0.29) is 5.82 Å². The number of aromatic nitrogens is 1. The molecule has 2 aromatic carbocycles. The zero-order valence-corrected chi connectivity index (χ0v) is 11.9. The van der Waals surface area contributed by atoms with Crippen molar-refractivity contribution in [2.45, 2.75) is 10.6 Å². The number of nitrogens with zero attached hydrogens (tertiary/aromatic N) is 1. The van der Waals surface area contributed by atoms with Crippen LogP contribution in [0.15, 0.2) is 64.1 Å². The van der Waals surface area contributed by atoms with Gasteiger partial charge in [0.05, 0.1) is 5.69 Å². The SMILES string of the molecule is Nc1ccccc1SCc1coc(-c2cccc(F)c2)n1. The van der Waals surface area contributed by atoms with Crippen LogP contribution in [0.4, 0.5) is 10.1 Å².